The molecule has 98 heavy (non-hydrogen) atoms. The van der Waals surface area contributed by atoms with Crippen molar-refractivity contribution in [1.82, 2.24) is 0 Å². The number of hydrogen-bond acceptors (Lipinski definition) is 12. The zero-order chi connectivity index (χ0) is 72.6. The van der Waals surface area contributed by atoms with Gasteiger partial charge in [-0.15, -0.1) is 0 Å². The highest BCUT2D eigenvalue weighted by Gasteiger charge is 2.46. The number of ether oxygens (including phenoxy) is 12. The average Bonchev–Trinajstić information content (AvgIpc) is 1.52. The number of fused-ring (bicyclic) bond motifs is 2. The first kappa shape index (κ1) is 84.0. The third kappa shape index (κ3) is 23.4. The Kier molecular flexibility index (Phi) is 33.0. The molecule has 0 radical (unpaired) electrons. The van der Waals surface area contributed by atoms with Gasteiger partial charge in [0.1, 0.15) is 29.6 Å². The second kappa shape index (κ2) is 38.5. The largest absolute Gasteiger partial charge is 0.493 e. The van der Waals surface area contributed by atoms with E-state index < -0.39 is 16.6 Å². The quantitative estimate of drug-likeness (QED) is 0.0396. The fourth-order valence-electron chi connectivity index (χ4n) is 13.1. The molecule has 552 valence electrons. The molecule has 0 bridgehead atoms. The van der Waals surface area contributed by atoms with E-state index in [9.17, 15) is 0 Å². The lowest BCUT2D eigenvalue weighted by atomic mass is 9.67. The van der Waals surface area contributed by atoms with E-state index in [4.69, 9.17) is 56.8 Å². The molecule has 0 aliphatic heterocycles. The van der Waals surface area contributed by atoms with E-state index in [2.05, 4.69) is 217 Å². The molecule has 0 heterocycles. The summed E-state index contributed by atoms with van der Waals surface area (Å²) in [5.41, 5.74) is 15.0. The van der Waals surface area contributed by atoms with E-state index >= 15 is 0 Å². The van der Waals surface area contributed by atoms with Gasteiger partial charge < -0.3 is 56.8 Å². The van der Waals surface area contributed by atoms with Gasteiger partial charge in [0.25, 0.3) is 0 Å². The van der Waals surface area contributed by atoms with Crippen LogP contribution >= 0.6 is 0 Å². The highest BCUT2D eigenvalue weighted by Crippen LogP contribution is 2.54. The predicted molar refractivity (Wildman–Crippen MR) is 404 cm³/mol. The summed E-state index contributed by atoms with van der Waals surface area (Å²) >= 11 is 0. The molecule has 12 nitrogen and oxygen atoms in total. The predicted octanol–water partition coefficient (Wildman–Crippen LogP) is 20.8. The smallest absolute Gasteiger partial charge is 0.123 e. The number of methoxy groups -OCH3 is 4. The Labute approximate surface area is 596 Å². The van der Waals surface area contributed by atoms with Crippen molar-refractivity contribution in [3.05, 3.63) is 123 Å². The maximum atomic E-state index is 6.98. The van der Waals surface area contributed by atoms with Crippen LogP contribution in [-0.2, 0) is 61.6 Å². The summed E-state index contributed by atoms with van der Waals surface area (Å²) in [6.45, 7) is 48.6. The van der Waals surface area contributed by atoms with Gasteiger partial charge in [-0.25, -0.2) is 0 Å². The lowest BCUT2D eigenvalue weighted by molar-refractivity contribution is -0.0816. The van der Waals surface area contributed by atoms with Crippen LogP contribution in [0.1, 0.15) is 263 Å². The van der Waals surface area contributed by atoms with Crippen LogP contribution in [0, 0.1) is 5.92 Å². The molecule has 0 amide bonds. The van der Waals surface area contributed by atoms with Crippen LogP contribution in [0.4, 0.5) is 0 Å². The Morgan fingerprint density at radius 2 is 0.867 bits per heavy atom. The average molecular weight is 1360 g/mol. The standard InChI is InChI=1S/C86H136O12/c1-25-69(87-21)39-46-96-83(18,30-6)41-48-92-71-53-66(54-72(58-71)93-49-42-84(19,31-7)97-51-44-81(16,28-4)89-23)60-86(77-36-34-33-35-75(77)76-38-37-68(57-78(76)86)79(13,14)65(12)64(11)63(9)10)61-67-55-73(94-50-43-85(20,32-8)98-52-45-82(17,29-5)90-24)59-74(56-67)95-62-70(26-2)91-47-40-80(15,27-3)88-22/h35-38,53-59,63,69-70H,25-32,39-52,60-62H2,1-24H3/b65-64+. The fourth-order valence-corrected chi connectivity index (χ4v) is 13.1. The molecule has 2 aliphatic rings. The summed E-state index contributed by atoms with van der Waals surface area (Å²) in [5, 5.41) is 0. The minimum atomic E-state index is -0.665. The Morgan fingerprint density at radius 1 is 0.459 bits per heavy atom. The molecule has 2 aliphatic carbocycles. The Bertz CT molecular complexity index is 3090. The van der Waals surface area contributed by atoms with Crippen molar-refractivity contribution in [2.75, 3.05) is 81.3 Å². The molecular formula is C86H136O12. The lowest BCUT2D eigenvalue weighted by Crippen LogP contribution is -2.34. The topological polar surface area (TPSA) is 111 Å². The maximum Gasteiger partial charge on any atom is 0.123 e. The molecule has 3 aromatic carbocycles. The Hall–Kier alpha value is -4.68. The minimum Gasteiger partial charge on any atom is -0.493 e. The Morgan fingerprint density at radius 3 is 1.28 bits per heavy atom. The second-order valence-electron chi connectivity index (χ2n) is 30.6. The summed E-state index contributed by atoms with van der Waals surface area (Å²) < 4.78 is 78.0. The van der Waals surface area contributed by atoms with Crippen LogP contribution in [0.25, 0.3) is 5.57 Å². The lowest BCUT2D eigenvalue weighted by Gasteiger charge is -2.36. The minimum absolute atomic E-state index is 0.133. The first-order valence-electron chi connectivity index (χ1n) is 37.7. The third-order valence-corrected chi connectivity index (χ3v) is 23.5. The van der Waals surface area contributed by atoms with Crippen LogP contribution in [0.15, 0.2) is 94.9 Å². The van der Waals surface area contributed by atoms with Gasteiger partial charge in [0, 0.05) is 83.9 Å². The van der Waals surface area contributed by atoms with Gasteiger partial charge in [-0.1, -0.05) is 124 Å². The summed E-state index contributed by atoms with van der Waals surface area (Å²) in [4.78, 5) is 0. The second-order valence-corrected chi connectivity index (χ2v) is 30.6. The molecule has 9 unspecified atom stereocenters. The number of rotatable bonds is 50. The van der Waals surface area contributed by atoms with Gasteiger partial charge in [0.15, 0.2) is 0 Å². The summed E-state index contributed by atoms with van der Waals surface area (Å²) in [6, 6.07) is 20.3. The summed E-state index contributed by atoms with van der Waals surface area (Å²) in [5.74, 6) is 3.36. The van der Waals surface area contributed by atoms with Crippen LogP contribution < -0.4 is 18.9 Å². The zero-order valence-corrected chi connectivity index (χ0v) is 66.2. The summed E-state index contributed by atoms with van der Waals surface area (Å²) in [6.07, 6.45) is 17.8. The van der Waals surface area contributed by atoms with E-state index in [0.717, 1.165) is 117 Å². The molecule has 0 aromatic heterocycles. The van der Waals surface area contributed by atoms with Crippen molar-refractivity contribution in [2.24, 2.45) is 5.92 Å². The monoisotopic (exact) mass is 1360 g/mol. The highest BCUT2D eigenvalue weighted by atomic mass is 16.5. The van der Waals surface area contributed by atoms with Crippen LogP contribution in [0.2, 0.25) is 0 Å². The highest BCUT2D eigenvalue weighted by molar-refractivity contribution is 5.89. The normalized spacial score (nSPS) is 19.2. The van der Waals surface area contributed by atoms with Gasteiger partial charge in [-0.3, -0.25) is 0 Å². The van der Waals surface area contributed by atoms with Crippen molar-refractivity contribution < 1.29 is 56.8 Å². The third-order valence-electron chi connectivity index (χ3n) is 23.5. The number of hydrogen-bond donors (Lipinski definition) is 0. The molecule has 0 fully saturated rings. The van der Waals surface area contributed by atoms with E-state index in [1.807, 2.05) is 0 Å². The van der Waals surface area contributed by atoms with Crippen molar-refractivity contribution in [2.45, 2.75) is 304 Å². The first-order chi connectivity index (χ1) is 46.4. The van der Waals surface area contributed by atoms with E-state index in [1.54, 1.807) is 28.4 Å². The maximum absolute atomic E-state index is 6.98. The van der Waals surface area contributed by atoms with Crippen molar-refractivity contribution in [3.63, 3.8) is 0 Å². The molecular weight excluding hydrogens is 1220 g/mol. The Balaban J connectivity index is 1.72. The van der Waals surface area contributed by atoms with Crippen molar-refractivity contribution in [1.29, 1.82) is 0 Å². The zero-order valence-electron chi connectivity index (χ0n) is 66.2. The summed E-state index contributed by atoms with van der Waals surface area (Å²) in [7, 11) is 7.15. The van der Waals surface area contributed by atoms with Crippen molar-refractivity contribution >= 4 is 5.57 Å². The van der Waals surface area contributed by atoms with Crippen LogP contribution in [0.3, 0.4) is 0 Å². The van der Waals surface area contributed by atoms with Gasteiger partial charge in [0.05, 0.1) is 78.8 Å². The molecule has 0 N–H and O–H groups in total. The molecule has 0 saturated heterocycles. The van der Waals surface area contributed by atoms with Gasteiger partial charge in [0.2, 0.25) is 0 Å². The van der Waals surface area contributed by atoms with E-state index in [0.29, 0.717) is 90.9 Å². The SMILES string of the molecule is CCC(CCOC(C)(CC)CCOc1cc(CC2(Cc3cc(OCCC(C)(CC)OCCC(C)(CC)OC)cc(OCC(CC)OCCC(C)(CC)OC)c3)C3=C(C=C=C=C3)c3ccc(C(C)(C)/C(C)=C(\C)C(C)C)cc32)cc(OCCC(C)(CC)OCCC(C)(CC)OC)c1)OC. The molecule has 0 saturated carbocycles. The molecule has 0 spiro atoms. The number of benzene rings is 3. The van der Waals surface area contributed by atoms with E-state index in [-0.39, 0.29) is 40.0 Å². The van der Waals surface area contributed by atoms with Gasteiger partial charge in [-0.2, -0.15) is 0 Å². The molecule has 12 heteroatoms. The van der Waals surface area contributed by atoms with Crippen LogP contribution in [-0.4, -0.2) is 127 Å². The molecule has 3 aromatic rings. The number of allylic oxidation sites excluding steroid dienone is 6. The van der Waals surface area contributed by atoms with Gasteiger partial charge >= 0.3 is 0 Å². The van der Waals surface area contributed by atoms with E-state index in [1.165, 1.54) is 33.4 Å². The molecule has 5 rings (SSSR count). The first-order valence-corrected chi connectivity index (χ1v) is 37.7. The molecule has 9 atom stereocenters. The van der Waals surface area contributed by atoms with Gasteiger partial charge in [-0.05, 0) is 227 Å². The van der Waals surface area contributed by atoms with Crippen LogP contribution in [0.5, 0.6) is 23.0 Å². The fraction of sp³-hybridized carbons (Fsp3) is 0.698. The van der Waals surface area contributed by atoms with Crippen molar-refractivity contribution in [3.8, 4) is 23.0 Å².